The predicted molar refractivity (Wildman–Crippen MR) is 127 cm³/mol. The van der Waals surface area contributed by atoms with E-state index in [-0.39, 0.29) is 32.7 Å². The molecule has 0 saturated carbocycles. The fraction of sp³-hybridized carbons (Fsp3) is 0.160. The van der Waals surface area contributed by atoms with Gasteiger partial charge in [-0.25, -0.2) is 12.4 Å². The van der Waals surface area contributed by atoms with Crippen LogP contribution >= 0.6 is 0 Å². The summed E-state index contributed by atoms with van der Waals surface area (Å²) < 4.78 is 45.0. The Labute approximate surface area is 191 Å². The fourth-order valence-electron chi connectivity index (χ4n) is 3.68. The van der Waals surface area contributed by atoms with Gasteiger partial charge in [-0.1, -0.05) is 17.7 Å². The highest BCUT2D eigenvalue weighted by Gasteiger charge is 2.25. The average Bonchev–Trinajstić information content (AvgIpc) is 2.83. The number of methoxy groups -OCH3 is 3. The molecule has 0 spiro atoms. The van der Waals surface area contributed by atoms with Gasteiger partial charge in [0, 0.05) is 18.2 Å². The number of aryl methyl sites for hydroxylation is 1. The van der Waals surface area contributed by atoms with Gasteiger partial charge in [0.25, 0.3) is 10.0 Å². The molecular weight excluding hydrogens is 442 g/mol. The summed E-state index contributed by atoms with van der Waals surface area (Å²) in [7, 11) is 0.319. The van der Waals surface area contributed by atoms with Crippen molar-refractivity contribution in [2.24, 2.45) is 0 Å². The third kappa shape index (κ3) is 3.93. The molecule has 8 heteroatoms. The molecule has 0 radical (unpaired) electrons. The molecule has 0 aliphatic heterocycles. The Morgan fingerprint density at radius 3 is 1.97 bits per heavy atom. The molecule has 170 valence electrons. The molecule has 4 aromatic rings. The monoisotopic (exact) mass is 465 g/mol. The highest BCUT2D eigenvalue weighted by molar-refractivity contribution is 7.90. The number of benzene rings is 3. The summed E-state index contributed by atoms with van der Waals surface area (Å²) in [6.45, 7) is 1.88. The molecule has 33 heavy (non-hydrogen) atoms. The summed E-state index contributed by atoms with van der Waals surface area (Å²) >= 11 is 0. The number of nitrogens with zero attached hydrogens (tertiary/aromatic N) is 1. The summed E-state index contributed by atoms with van der Waals surface area (Å²) in [5.41, 5.74) is 1.46. The maximum absolute atomic E-state index is 13.9. The first-order valence-corrected chi connectivity index (χ1v) is 11.5. The highest BCUT2D eigenvalue weighted by atomic mass is 32.2. The number of hydrogen-bond donors (Lipinski definition) is 0. The number of fused-ring (bicyclic) bond motifs is 1. The number of rotatable bonds is 6. The largest absolute Gasteiger partial charge is 0.497 e. The Morgan fingerprint density at radius 2 is 1.39 bits per heavy atom. The molecule has 0 aliphatic carbocycles. The van der Waals surface area contributed by atoms with Gasteiger partial charge in [-0.2, -0.15) is 0 Å². The van der Waals surface area contributed by atoms with E-state index in [4.69, 9.17) is 14.2 Å². The van der Waals surface area contributed by atoms with Crippen LogP contribution in [0.15, 0.2) is 76.4 Å². The smallest absolute Gasteiger partial charge is 0.268 e. The molecule has 0 atom stereocenters. The zero-order valence-corrected chi connectivity index (χ0v) is 19.5. The molecular formula is C25H23NO6S. The summed E-state index contributed by atoms with van der Waals surface area (Å²) in [4.78, 5) is 13.3. The van der Waals surface area contributed by atoms with Crippen molar-refractivity contribution in [2.45, 2.75) is 11.8 Å². The Balaban J connectivity index is 2.17. The normalized spacial score (nSPS) is 11.4. The van der Waals surface area contributed by atoms with E-state index >= 15 is 0 Å². The Bertz CT molecular complexity index is 1490. The topological polar surface area (TPSA) is 83.8 Å². The number of pyridine rings is 1. The van der Waals surface area contributed by atoms with Gasteiger partial charge in [0.05, 0.1) is 42.8 Å². The number of hydrogen-bond acceptors (Lipinski definition) is 6. The summed E-state index contributed by atoms with van der Waals surface area (Å²) in [5, 5.41) is 0.145. The van der Waals surface area contributed by atoms with Gasteiger partial charge in [-0.3, -0.25) is 4.79 Å². The molecule has 0 bridgehead atoms. The molecule has 0 saturated heterocycles. The van der Waals surface area contributed by atoms with Crippen molar-refractivity contribution in [3.8, 4) is 28.5 Å². The minimum Gasteiger partial charge on any atom is -0.497 e. The lowest BCUT2D eigenvalue weighted by Crippen LogP contribution is -2.20. The van der Waals surface area contributed by atoms with Crippen molar-refractivity contribution in [1.82, 2.24) is 3.97 Å². The zero-order chi connectivity index (χ0) is 23.8. The molecule has 0 amide bonds. The van der Waals surface area contributed by atoms with E-state index < -0.39 is 10.0 Å². The standard InChI is InChI=1S/C25H23NO6S/c1-16-5-11-20(12-6-16)33(28,29)26-21(17-7-9-18(30-2)10-8-17)15-23(27)25-22(26)13-19(31-3)14-24(25)32-4/h5-15H,1-4H3. The van der Waals surface area contributed by atoms with Crippen LogP contribution in [0.5, 0.6) is 17.2 Å². The van der Waals surface area contributed by atoms with E-state index in [1.807, 2.05) is 6.92 Å². The lowest BCUT2D eigenvalue weighted by Gasteiger charge is -2.19. The number of ether oxygens (including phenoxy) is 3. The van der Waals surface area contributed by atoms with E-state index in [1.165, 1.54) is 30.3 Å². The van der Waals surface area contributed by atoms with E-state index in [1.54, 1.807) is 61.7 Å². The zero-order valence-electron chi connectivity index (χ0n) is 18.7. The van der Waals surface area contributed by atoms with E-state index in [0.29, 0.717) is 17.1 Å². The highest BCUT2D eigenvalue weighted by Crippen LogP contribution is 2.35. The van der Waals surface area contributed by atoms with Crippen molar-refractivity contribution in [3.63, 3.8) is 0 Å². The summed E-state index contributed by atoms with van der Waals surface area (Å²) in [5.74, 6) is 1.19. The van der Waals surface area contributed by atoms with Gasteiger partial charge in [-0.15, -0.1) is 0 Å². The predicted octanol–water partition coefficient (Wildman–Crippen LogP) is 4.24. The summed E-state index contributed by atoms with van der Waals surface area (Å²) in [6.07, 6.45) is 0. The molecule has 1 aromatic heterocycles. The molecule has 3 aromatic carbocycles. The van der Waals surface area contributed by atoms with Crippen LogP contribution in [0.25, 0.3) is 22.2 Å². The van der Waals surface area contributed by atoms with Gasteiger partial charge >= 0.3 is 0 Å². The van der Waals surface area contributed by atoms with Crippen molar-refractivity contribution < 1.29 is 22.6 Å². The van der Waals surface area contributed by atoms with Crippen LogP contribution in [0.2, 0.25) is 0 Å². The molecule has 7 nitrogen and oxygen atoms in total. The Morgan fingerprint density at radius 1 is 0.758 bits per heavy atom. The van der Waals surface area contributed by atoms with E-state index in [2.05, 4.69) is 0 Å². The fourth-order valence-corrected chi connectivity index (χ4v) is 5.20. The first-order valence-electron chi connectivity index (χ1n) is 10.1. The Hall–Kier alpha value is -3.78. The van der Waals surface area contributed by atoms with Gasteiger partial charge in [0.1, 0.15) is 17.2 Å². The first-order chi connectivity index (χ1) is 15.8. The van der Waals surface area contributed by atoms with Gasteiger partial charge in [0.15, 0.2) is 5.43 Å². The van der Waals surface area contributed by atoms with Crippen LogP contribution in [-0.2, 0) is 10.0 Å². The van der Waals surface area contributed by atoms with Gasteiger partial charge < -0.3 is 14.2 Å². The Kier molecular flexibility index (Phi) is 5.86. The van der Waals surface area contributed by atoms with E-state index in [9.17, 15) is 13.2 Å². The maximum atomic E-state index is 13.9. The molecule has 1 heterocycles. The van der Waals surface area contributed by atoms with Crippen LogP contribution in [-0.4, -0.2) is 33.7 Å². The van der Waals surface area contributed by atoms with Gasteiger partial charge in [-0.05, 0) is 48.9 Å². The van der Waals surface area contributed by atoms with Crippen LogP contribution in [0, 0.1) is 6.92 Å². The molecule has 0 unspecified atom stereocenters. The quantitative estimate of drug-likeness (QED) is 0.424. The summed E-state index contributed by atoms with van der Waals surface area (Å²) in [6, 6.07) is 17.8. The van der Waals surface area contributed by atoms with Crippen LogP contribution in [0.3, 0.4) is 0 Å². The lowest BCUT2D eigenvalue weighted by molar-refractivity contribution is 0.397. The average molecular weight is 466 g/mol. The maximum Gasteiger partial charge on any atom is 0.268 e. The number of aromatic nitrogens is 1. The van der Waals surface area contributed by atoms with Crippen molar-refractivity contribution in [1.29, 1.82) is 0 Å². The second-order valence-electron chi connectivity index (χ2n) is 7.43. The van der Waals surface area contributed by atoms with Crippen LogP contribution < -0.4 is 19.6 Å². The first kappa shape index (κ1) is 22.4. The third-order valence-corrected chi connectivity index (χ3v) is 7.15. The van der Waals surface area contributed by atoms with Gasteiger partial charge in [0.2, 0.25) is 0 Å². The van der Waals surface area contributed by atoms with Crippen molar-refractivity contribution in [3.05, 3.63) is 82.5 Å². The van der Waals surface area contributed by atoms with Crippen LogP contribution in [0.4, 0.5) is 0 Å². The third-order valence-electron chi connectivity index (χ3n) is 5.41. The minimum atomic E-state index is -4.11. The van der Waals surface area contributed by atoms with Crippen molar-refractivity contribution in [2.75, 3.05) is 21.3 Å². The second-order valence-corrected chi connectivity index (χ2v) is 9.22. The van der Waals surface area contributed by atoms with Crippen molar-refractivity contribution >= 4 is 20.9 Å². The SMILES string of the molecule is COc1ccc(-c2cc(=O)c3c(OC)cc(OC)cc3n2S(=O)(=O)c2ccc(C)cc2)cc1. The van der Waals surface area contributed by atoms with E-state index in [0.717, 1.165) is 5.56 Å². The molecule has 0 aliphatic rings. The minimum absolute atomic E-state index is 0.0922. The second kappa shape index (κ2) is 8.63. The van der Waals surface area contributed by atoms with Crippen LogP contribution in [0.1, 0.15) is 5.56 Å². The molecule has 4 rings (SSSR count). The lowest BCUT2D eigenvalue weighted by atomic mass is 10.1. The molecule has 0 fully saturated rings. The molecule has 0 N–H and O–H groups in total.